The van der Waals surface area contributed by atoms with Crippen LogP contribution in [-0.4, -0.2) is 30.5 Å². The minimum absolute atomic E-state index is 0.0652. The van der Waals surface area contributed by atoms with Gasteiger partial charge in [-0.1, -0.05) is 0 Å². The molecule has 1 aliphatic rings. The number of alkyl halides is 2. The Morgan fingerprint density at radius 3 is 2.62 bits per heavy atom. The zero-order chi connectivity index (χ0) is 17.9. The van der Waals surface area contributed by atoms with E-state index in [9.17, 15) is 18.0 Å². The SMILES string of the molecule is CC(C)(C)OC(=O)NC1CC(Oc2ccc(F)c([C@@H](F)CF)c2)C1. The Bertz CT molecular complexity index is 583. The molecule has 1 amide bonds. The monoisotopic (exact) mass is 345 g/mol. The Hall–Kier alpha value is -1.92. The fourth-order valence-electron chi connectivity index (χ4n) is 2.36. The van der Waals surface area contributed by atoms with Crippen molar-refractivity contribution in [3.05, 3.63) is 29.6 Å². The summed E-state index contributed by atoms with van der Waals surface area (Å²) in [7, 11) is 0. The van der Waals surface area contributed by atoms with E-state index in [0.29, 0.717) is 12.8 Å². The largest absolute Gasteiger partial charge is 0.490 e. The Morgan fingerprint density at radius 1 is 1.38 bits per heavy atom. The molecule has 0 heterocycles. The van der Waals surface area contributed by atoms with Gasteiger partial charge in [0.15, 0.2) is 6.17 Å². The molecule has 0 unspecified atom stereocenters. The molecular formula is C17H22F3NO3. The molecule has 1 aliphatic carbocycles. The van der Waals surface area contributed by atoms with E-state index in [0.717, 1.165) is 6.07 Å². The fourth-order valence-corrected chi connectivity index (χ4v) is 2.36. The van der Waals surface area contributed by atoms with Gasteiger partial charge in [0.2, 0.25) is 0 Å². The molecule has 0 radical (unpaired) electrons. The second-order valence-corrected chi connectivity index (χ2v) is 6.86. The lowest BCUT2D eigenvalue weighted by atomic mass is 9.89. The van der Waals surface area contributed by atoms with Gasteiger partial charge < -0.3 is 14.8 Å². The molecule has 0 saturated heterocycles. The molecule has 1 aromatic rings. The normalized spacial score (nSPS) is 21.6. The van der Waals surface area contributed by atoms with Crippen LogP contribution in [0.15, 0.2) is 18.2 Å². The Morgan fingerprint density at radius 2 is 2.04 bits per heavy atom. The zero-order valence-corrected chi connectivity index (χ0v) is 13.9. The van der Waals surface area contributed by atoms with Crippen LogP contribution < -0.4 is 10.1 Å². The van der Waals surface area contributed by atoms with Crippen molar-refractivity contribution in [1.82, 2.24) is 5.32 Å². The lowest BCUT2D eigenvalue weighted by Crippen LogP contribution is -2.50. The van der Waals surface area contributed by atoms with Gasteiger partial charge >= 0.3 is 6.09 Å². The molecule has 1 N–H and O–H groups in total. The van der Waals surface area contributed by atoms with Crippen LogP contribution in [-0.2, 0) is 4.74 Å². The number of hydrogen-bond donors (Lipinski definition) is 1. The van der Waals surface area contributed by atoms with Crippen LogP contribution in [0.5, 0.6) is 5.75 Å². The Balaban J connectivity index is 1.82. The third kappa shape index (κ3) is 5.04. The molecule has 2 rings (SSSR count). The van der Waals surface area contributed by atoms with E-state index in [4.69, 9.17) is 9.47 Å². The predicted octanol–water partition coefficient (Wildman–Crippen LogP) is 4.24. The summed E-state index contributed by atoms with van der Waals surface area (Å²) in [6.45, 7) is 4.05. The van der Waals surface area contributed by atoms with E-state index in [1.165, 1.54) is 12.1 Å². The molecule has 7 heteroatoms. The number of nitrogens with one attached hydrogen (secondary N) is 1. The van der Waals surface area contributed by atoms with Crippen molar-refractivity contribution >= 4 is 6.09 Å². The first-order chi connectivity index (χ1) is 11.2. The van der Waals surface area contributed by atoms with Crippen molar-refractivity contribution in [2.75, 3.05) is 6.67 Å². The average molecular weight is 345 g/mol. The molecule has 1 aromatic carbocycles. The molecule has 0 bridgehead atoms. The van der Waals surface area contributed by atoms with Crippen molar-refractivity contribution in [3.63, 3.8) is 0 Å². The summed E-state index contributed by atoms with van der Waals surface area (Å²) >= 11 is 0. The molecular weight excluding hydrogens is 323 g/mol. The molecule has 0 spiro atoms. The number of benzene rings is 1. The van der Waals surface area contributed by atoms with Crippen LogP contribution in [0.1, 0.15) is 45.3 Å². The van der Waals surface area contributed by atoms with E-state index < -0.39 is 30.4 Å². The van der Waals surface area contributed by atoms with E-state index >= 15 is 0 Å². The first-order valence-corrected chi connectivity index (χ1v) is 7.83. The van der Waals surface area contributed by atoms with Gasteiger partial charge in [0, 0.05) is 24.4 Å². The van der Waals surface area contributed by atoms with Crippen LogP contribution in [0.2, 0.25) is 0 Å². The summed E-state index contributed by atoms with van der Waals surface area (Å²) in [6, 6.07) is 3.54. The highest BCUT2D eigenvalue weighted by atomic mass is 19.2. The highest BCUT2D eigenvalue weighted by Crippen LogP contribution is 2.30. The Labute approximate surface area is 139 Å². The molecule has 0 aromatic heterocycles. The standard InChI is InChI=1S/C17H22F3NO3/c1-17(2,3)24-16(22)21-10-6-12(7-10)23-11-4-5-14(19)13(8-11)15(20)9-18/h4-5,8,10,12,15H,6-7,9H2,1-3H3,(H,21,22)/t10?,12?,15-/m0/s1. The second kappa shape index (κ2) is 7.32. The molecule has 1 fully saturated rings. The number of carbonyl (C=O) groups excluding carboxylic acids is 1. The number of amides is 1. The smallest absolute Gasteiger partial charge is 0.407 e. The van der Waals surface area contributed by atoms with E-state index in [1.807, 2.05) is 0 Å². The summed E-state index contributed by atoms with van der Waals surface area (Å²) in [5.74, 6) is -0.520. The fraction of sp³-hybridized carbons (Fsp3) is 0.588. The number of halogens is 3. The third-order valence-electron chi connectivity index (χ3n) is 3.56. The van der Waals surface area contributed by atoms with E-state index in [2.05, 4.69) is 5.32 Å². The average Bonchev–Trinajstić information content (AvgIpc) is 2.44. The number of rotatable bonds is 5. The highest BCUT2D eigenvalue weighted by Gasteiger charge is 2.33. The van der Waals surface area contributed by atoms with Crippen LogP contribution in [0, 0.1) is 5.82 Å². The van der Waals surface area contributed by atoms with Gasteiger partial charge in [0.1, 0.15) is 29.9 Å². The summed E-state index contributed by atoms with van der Waals surface area (Å²) in [5.41, 5.74) is -0.911. The Kier molecular flexibility index (Phi) is 5.62. The van der Waals surface area contributed by atoms with Gasteiger partial charge in [-0.15, -0.1) is 0 Å². The third-order valence-corrected chi connectivity index (χ3v) is 3.56. The minimum atomic E-state index is -2.00. The first kappa shape index (κ1) is 18.4. The maximum atomic E-state index is 13.5. The zero-order valence-electron chi connectivity index (χ0n) is 13.9. The molecule has 24 heavy (non-hydrogen) atoms. The lowest BCUT2D eigenvalue weighted by molar-refractivity contribution is 0.0362. The highest BCUT2D eigenvalue weighted by molar-refractivity contribution is 5.68. The van der Waals surface area contributed by atoms with Gasteiger partial charge in [-0.05, 0) is 39.0 Å². The summed E-state index contributed by atoms with van der Waals surface area (Å²) in [5, 5.41) is 2.73. The van der Waals surface area contributed by atoms with Crippen LogP contribution in [0.4, 0.5) is 18.0 Å². The maximum absolute atomic E-state index is 13.5. The van der Waals surface area contributed by atoms with E-state index in [-0.39, 0.29) is 23.5 Å². The first-order valence-electron chi connectivity index (χ1n) is 7.83. The molecule has 1 atom stereocenters. The maximum Gasteiger partial charge on any atom is 0.407 e. The molecule has 134 valence electrons. The second-order valence-electron chi connectivity index (χ2n) is 6.86. The summed E-state index contributed by atoms with van der Waals surface area (Å²) in [6.07, 6.45) is -1.54. The number of alkyl carbamates (subject to hydrolysis) is 1. The van der Waals surface area contributed by atoms with Crippen molar-refractivity contribution in [1.29, 1.82) is 0 Å². The van der Waals surface area contributed by atoms with Gasteiger partial charge in [0.05, 0.1) is 0 Å². The van der Waals surface area contributed by atoms with Crippen molar-refractivity contribution < 1.29 is 27.4 Å². The number of hydrogen-bond acceptors (Lipinski definition) is 3. The molecule has 1 saturated carbocycles. The molecule has 0 aliphatic heterocycles. The van der Waals surface area contributed by atoms with Crippen LogP contribution >= 0.6 is 0 Å². The van der Waals surface area contributed by atoms with Crippen LogP contribution in [0.3, 0.4) is 0 Å². The molecule has 4 nitrogen and oxygen atoms in total. The van der Waals surface area contributed by atoms with Gasteiger partial charge in [-0.25, -0.2) is 18.0 Å². The van der Waals surface area contributed by atoms with Crippen LogP contribution in [0.25, 0.3) is 0 Å². The summed E-state index contributed by atoms with van der Waals surface area (Å²) < 4.78 is 49.9. The van der Waals surface area contributed by atoms with E-state index in [1.54, 1.807) is 20.8 Å². The van der Waals surface area contributed by atoms with Gasteiger partial charge in [0.25, 0.3) is 0 Å². The van der Waals surface area contributed by atoms with Gasteiger partial charge in [-0.2, -0.15) is 0 Å². The lowest BCUT2D eigenvalue weighted by Gasteiger charge is -2.36. The minimum Gasteiger partial charge on any atom is -0.490 e. The number of ether oxygens (including phenoxy) is 2. The van der Waals surface area contributed by atoms with Crippen molar-refractivity contribution in [2.24, 2.45) is 0 Å². The topological polar surface area (TPSA) is 47.6 Å². The number of carbonyl (C=O) groups is 1. The quantitative estimate of drug-likeness (QED) is 0.868. The predicted molar refractivity (Wildman–Crippen MR) is 83.0 cm³/mol. The van der Waals surface area contributed by atoms with Crippen molar-refractivity contribution in [3.8, 4) is 5.75 Å². The van der Waals surface area contributed by atoms with Gasteiger partial charge in [-0.3, -0.25) is 0 Å². The summed E-state index contributed by atoms with van der Waals surface area (Å²) in [4.78, 5) is 11.6. The van der Waals surface area contributed by atoms with Crippen molar-refractivity contribution in [2.45, 2.75) is 57.5 Å².